The Kier molecular flexibility index (Phi) is 6.99. The molecule has 0 unspecified atom stereocenters. The topological polar surface area (TPSA) is 39.8 Å². The summed E-state index contributed by atoms with van der Waals surface area (Å²) in [5.41, 5.74) is 2.98. The van der Waals surface area contributed by atoms with Crippen molar-refractivity contribution in [3.8, 4) is 0 Å². The van der Waals surface area contributed by atoms with Gasteiger partial charge in [0.25, 0.3) is 0 Å². The summed E-state index contributed by atoms with van der Waals surface area (Å²) in [5.74, 6) is 0.756. The van der Waals surface area contributed by atoms with E-state index in [1.165, 1.54) is 11.4 Å². The Bertz CT molecular complexity index is 951. The van der Waals surface area contributed by atoms with Crippen LogP contribution in [0.1, 0.15) is 13.8 Å². The molecule has 0 spiro atoms. The van der Waals surface area contributed by atoms with Gasteiger partial charge in [0, 0.05) is 36.7 Å². The minimum absolute atomic E-state index is 0.405. The van der Waals surface area contributed by atoms with Gasteiger partial charge in [0.1, 0.15) is 0 Å². The quantitative estimate of drug-likeness (QED) is 0.383. The van der Waals surface area contributed by atoms with E-state index in [2.05, 4.69) is 101 Å². The van der Waals surface area contributed by atoms with Crippen LogP contribution in [0.15, 0.2) is 103 Å². The number of anilines is 3. The maximum Gasteiger partial charge on any atom is 0.249 e. The first-order valence-electron chi connectivity index (χ1n) is 10.9. The van der Waals surface area contributed by atoms with E-state index in [1.807, 2.05) is 30.3 Å². The maximum absolute atomic E-state index is 6.82. The lowest BCUT2D eigenvalue weighted by molar-refractivity contribution is 0.129. The van der Waals surface area contributed by atoms with Crippen molar-refractivity contribution in [1.29, 1.82) is 0 Å². The van der Waals surface area contributed by atoms with Crippen LogP contribution in [0, 0.1) is 0 Å². The zero-order valence-corrected chi connectivity index (χ0v) is 19.6. The summed E-state index contributed by atoms with van der Waals surface area (Å²) in [6.45, 7) is 10.9. The minimum Gasteiger partial charge on any atom is -0.369 e. The highest BCUT2D eigenvalue weighted by atomic mass is 31.2. The van der Waals surface area contributed by atoms with Gasteiger partial charge in [-0.15, -0.1) is 0 Å². The molecule has 3 aromatic carbocycles. The smallest absolute Gasteiger partial charge is 0.249 e. The highest BCUT2D eigenvalue weighted by molar-refractivity contribution is 7.56. The molecule has 6 heteroatoms. The fraction of sp³-hybridized carbons (Fsp3) is 0.231. The van der Waals surface area contributed by atoms with Crippen LogP contribution >= 0.6 is 8.45 Å². The lowest BCUT2D eigenvalue weighted by Crippen LogP contribution is -2.39. The average molecular weight is 447 g/mol. The molecule has 0 aliphatic carbocycles. The Morgan fingerprint density at radius 2 is 1.31 bits per heavy atom. The van der Waals surface area contributed by atoms with Crippen molar-refractivity contribution in [1.82, 2.24) is 5.32 Å². The van der Waals surface area contributed by atoms with Crippen molar-refractivity contribution < 1.29 is 4.52 Å². The lowest BCUT2D eigenvalue weighted by atomic mass is 10.1. The second kappa shape index (κ2) is 10.1. The van der Waals surface area contributed by atoms with Crippen LogP contribution in [0.2, 0.25) is 0 Å². The van der Waals surface area contributed by atoms with Crippen molar-refractivity contribution in [2.75, 3.05) is 34.3 Å². The summed E-state index contributed by atoms with van der Waals surface area (Å²) in [7, 11) is -1.01. The number of benzene rings is 3. The van der Waals surface area contributed by atoms with Gasteiger partial charge in [0.05, 0.1) is 11.4 Å². The molecule has 1 heterocycles. The molecule has 1 fully saturated rings. The molecular weight excluding hydrogens is 415 g/mol. The van der Waals surface area contributed by atoms with E-state index in [1.54, 1.807) is 0 Å². The standard InChI is InChI=1S/C26H31N4OP/c1-22(28-23-13-7-4-8-14-23)27-21-26(2,3)31-32-29(24-15-9-5-10-16-24)19-20-30(32)25-17-11-6-12-18-25/h4-18,27-28H,1,19-21H2,2-3H3. The third-order valence-electron chi connectivity index (χ3n) is 5.17. The van der Waals surface area contributed by atoms with Crippen molar-refractivity contribution in [3.05, 3.63) is 103 Å². The molecule has 0 atom stereocenters. The first-order chi connectivity index (χ1) is 15.5. The molecule has 1 aliphatic heterocycles. The minimum atomic E-state index is -1.01. The van der Waals surface area contributed by atoms with Crippen molar-refractivity contribution in [2.24, 2.45) is 0 Å². The molecule has 5 nitrogen and oxygen atoms in total. The summed E-state index contributed by atoms with van der Waals surface area (Å²) < 4.78 is 11.6. The van der Waals surface area contributed by atoms with Crippen LogP contribution in [0.3, 0.4) is 0 Å². The van der Waals surface area contributed by atoms with Gasteiger partial charge in [0.15, 0.2) is 0 Å². The monoisotopic (exact) mass is 446 g/mol. The predicted octanol–water partition coefficient (Wildman–Crippen LogP) is 6.21. The number of nitrogens with zero attached hydrogens (tertiary/aromatic N) is 2. The summed E-state index contributed by atoms with van der Waals surface area (Å²) in [4.78, 5) is 0. The Morgan fingerprint density at radius 1 is 0.844 bits per heavy atom. The van der Waals surface area contributed by atoms with Gasteiger partial charge in [-0.3, -0.25) is 0 Å². The van der Waals surface area contributed by atoms with E-state index in [9.17, 15) is 0 Å². The largest absolute Gasteiger partial charge is 0.369 e. The third-order valence-corrected chi connectivity index (χ3v) is 7.52. The fourth-order valence-corrected chi connectivity index (χ4v) is 5.71. The van der Waals surface area contributed by atoms with E-state index >= 15 is 0 Å². The predicted molar refractivity (Wildman–Crippen MR) is 137 cm³/mol. The van der Waals surface area contributed by atoms with Crippen LogP contribution < -0.4 is 20.0 Å². The van der Waals surface area contributed by atoms with E-state index < -0.39 is 14.1 Å². The summed E-state index contributed by atoms with van der Waals surface area (Å²) in [6, 6.07) is 31.1. The molecule has 0 radical (unpaired) electrons. The first-order valence-corrected chi connectivity index (χ1v) is 12.1. The Morgan fingerprint density at radius 3 is 1.81 bits per heavy atom. The normalized spacial score (nSPS) is 14.4. The van der Waals surface area contributed by atoms with Gasteiger partial charge in [-0.2, -0.15) is 0 Å². The average Bonchev–Trinajstić information content (AvgIpc) is 3.22. The van der Waals surface area contributed by atoms with Gasteiger partial charge in [-0.1, -0.05) is 61.2 Å². The lowest BCUT2D eigenvalue weighted by Gasteiger charge is -2.37. The van der Waals surface area contributed by atoms with Gasteiger partial charge in [-0.05, 0) is 50.2 Å². The van der Waals surface area contributed by atoms with Gasteiger partial charge >= 0.3 is 0 Å². The molecule has 0 bridgehead atoms. The number of para-hydroxylation sites is 3. The Balaban J connectivity index is 1.46. The van der Waals surface area contributed by atoms with Crippen molar-refractivity contribution in [3.63, 3.8) is 0 Å². The van der Waals surface area contributed by atoms with Crippen LogP contribution in [-0.4, -0.2) is 25.2 Å². The van der Waals surface area contributed by atoms with Crippen LogP contribution in [-0.2, 0) is 4.52 Å². The first kappa shape index (κ1) is 22.2. The van der Waals surface area contributed by atoms with Crippen LogP contribution in [0.4, 0.5) is 17.1 Å². The number of rotatable bonds is 9. The van der Waals surface area contributed by atoms with Gasteiger partial charge in [-0.25, -0.2) is 0 Å². The molecule has 1 aliphatic rings. The van der Waals surface area contributed by atoms with Crippen molar-refractivity contribution in [2.45, 2.75) is 19.4 Å². The maximum atomic E-state index is 6.82. The molecular formula is C26H31N4OP. The molecule has 3 aromatic rings. The highest BCUT2D eigenvalue weighted by Gasteiger charge is 2.39. The van der Waals surface area contributed by atoms with E-state index in [0.717, 1.165) is 24.6 Å². The molecule has 32 heavy (non-hydrogen) atoms. The molecule has 0 saturated carbocycles. The fourth-order valence-electron chi connectivity index (χ4n) is 3.56. The molecule has 2 N–H and O–H groups in total. The van der Waals surface area contributed by atoms with Gasteiger partial charge in [0.2, 0.25) is 8.45 Å². The van der Waals surface area contributed by atoms with E-state index in [4.69, 9.17) is 4.52 Å². The Hall–Kier alpha value is -3.01. The number of nitrogens with one attached hydrogen (secondary N) is 2. The third kappa shape index (κ3) is 5.61. The SMILES string of the molecule is C=C(NCC(C)(C)OP1N(c2ccccc2)CCN1c1ccccc1)Nc1ccccc1. The summed E-state index contributed by atoms with van der Waals surface area (Å²) >= 11 is 0. The molecule has 166 valence electrons. The summed E-state index contributed by atoms with van der Waals surface area (Å²) in [6.07, 6.45) is 0. The molecule has 0 amide bonds. The number of hydrogen-bond donors (Lipinski definition) is 2. The zero-order chi connectivity index (χ0) is 22.4. The Labute approximate surface area is 192 Å². The second-order valence-corrected chi connectivity index (χ2v) is 10.00. The highest BCUT2D eigenvalue weighted by Crippen LogP contribution is 2.55. The van der Waals surface area contributed by atoms with Crippen molar-refractivity contribution >= 4 is 25.5 Å². The van der Waals surface area contributed by atoms with Crippen LogP contribution in [0.5, 0.6) is 0 Å². The number of hydrogen-bond acceptors (Lipinski definition) is 5. The second-order valence-electron chi connectivity index (χ2n) is 8.34. The van der Waals surface area contributed by atoms with Crippen LogP contribution in [0.25, 0.3) is 0 Å². The molecule has 1 saturated heterocycles. The van der Waals surface area contributed by atoms with E-state index in [-0.39, 0.29) is 0 Å². The molecule has 0 aromatic heterocycles. The summed E-state index contributed by atoms with van der Waals surface area (Å²) in [5, 5.41) is 6.70. The molecule has 4 rings (SSSR count). The van der Waals surface area contributed by atoms with E-state index in [0.29, 0.717) is 6.54 Å². The zero-order valence-electron chi connectivity index (χ0n) is 18.7. The van der Waals surface area contributed by atoms with Gasteiger partial charge < -0.3 is 24.5 Å².